The van der Waals surface area contributed by atoms with Crippen LogP contribution in [0.25, 0.3) is 0 Å². The summed E-state index contributed by atoms with van der Waals surface area (Å²) in [5, 5.41) is 0. The summed E-state index contributed by atoms with van der Waals surface area (Å²) in [6, 6.07) is 8.57. The normalized spacial score (nSPS) is 21.6. The maximum absolute atomic E-state index is 14.0. The number of carbonyl (C=O) groups is 4. The van der Waals surface area contributed by atoms with E-state index in [4.69, 9.17) is 18.9 Å². The third-order valence-corrected chi connectivity index (χ3v) is 6.70. The number of nitrogens with zero attached hydrogens (tertiary/aromatic N) is 2. The number of hydrogen-bond acceptors (Lipinski definition) is 8. The summed E-state index contributed by atoms with van der Waals surface area (Å²) >= 11 is 0. The first-order valence-corrected chi connectivity index (χ1v) is 13.9. The van der Waals surface area contributed by atoms with E-state index in [9.17, 15) is 19.2 Å². The Morgan fingerprint density at radius 2 is 1.60 bits per heavy atom. The van der Waals surface area contributed by atoms with Crippen molar-refractivity contribution in [1.29, 1.82) is 0 Å². The van der Waals surface area contributed by atoms with E-state index in [-0.39, 0.29) is 32.5 Å². The van der Waals surface area contributed by atoms with Gasteiger partial charge in [0.1, 0.15) is 23.5 Å². The molecule has 0 unspecified atom stereocenters. The van der Waals surface area contributed by atoms with Crippen molar-refractivity contribution >= 4 is 24.1 Å². The molecule has 0 radical (unpaired) electrons. The number of benzene rings is 1. The SMILES string of the molecule is CC(C)(C)OC(=O)CC[C@H](C[C@H]1COC(C)(C)N1C(=O)OC(C)(C)C)C(=O)N1C(=O)OC[C@H]1Cc1ccccc1. The van der Waals surface area contributed by atoms with Crippen LogP contribution in [-0.2, 0) is 35.0 Å². The predicted octanol–water partition coefficient (Wildman–Crippen LogP) is 5.08. The molecule has 0 saturated carbocycles. The Kier molecular flexibility index (Phi) is 9.54. The minimum Gasteiger partial charge on any atom is -0.460 e. The topological polar surface area (TPSA) is 112 Å². The van der Waals surface area contributed by atoms with Crippen molar-refractivity contribution in [3.8, 4) is 0 Å². The summed E-state index contributed by atoms with van der Waals surface area (Å²) < 4.78 is 22.3. The van der Waals surface area contributed by atoms with Gasteiger partial charge in [0, 0.05) is 12.3 Å². The third-order valence-electron chi connectivity index (χ3n) is 6.70. The van der Waals surface area contributed by atoms with E-state index < -0.39 is 59.0 Å². The molecule has 0 aliphatic carbocycles. The summed E-state index contributed by atoms with van der Waals surface area (Å²) in [5.74, 6) is -1.66. The van der Waals surface area contributed by atoms with Crippen LogP contribution in [0.4, 0.5) is 9.59 Å². The van der Waals surface area contributed by atoms with Crippen LogP contribution in [0.5, 0.6) is 0 Å². The number of ether oxygens (including phenoxy) is 4. The number of amides is 3. The maximum Gasteiger partial charge on any atom is 0.416 e. The summed E-state index contributed by atoms with van der Waals surface area (Å²) in [7, 11) is 0. The molecule has 10 nitrogen and oxygen atoms in total. The highest BCUT2D eigenvalue weighted by Crippen LogP contribution is 2.34. The van der Waals surface area contributed by atoms with Gasteiger partial charge < -0.3 is 18.9 Å². The van der Waals surface area contributed by atoms with E-state index in [1.54, 1.807) is 55.4 Å². The zero-order chi connectivity index (χ0) is 29.9. The Labute approximate surface area is 237 Å². The molecule has 2 heterocycles. The fraction of sp³-hybridized carbons (Fsp3) is 0.667. The second-order valence-corrected chi connectivity index (χ2v) is 12.9. The van der Waals surface area contributed by atoms with Crippen LogP contribution in [0.1, 0.15) is 80.2 Å². The largest absolute Gasteiger partial charge is 0.460 e. The maximum atomic E-state index is 14.0. The lowest BCUT2D eigenvalue weighted by Crippen LogP contribution is -2.51. The quantitative estimate of drug-likeness (QED) is 0.320. The van der Waals surface area contributed by atoms with Gasteiger partial charge in [-0.05, 0) is 80.2 Å². The molecule has 2 aliphatic heterocycles. The van der Waals surface area contributed by atoms with Crippen LogP contribution in [0.3, 0.4) is 0 Å². The molecule has 0 bridgehead atoms. The van der Waals surface area contributed by atoms with E-state index in [1.807, 2.05) is 30.3 Å². The Bertz CT molecular complexity index is 1070. The predicted molar refractivity (Wildman–Crippen MR) is 147 cm³/mol. The lowest BCUT2D eigenvalue weighted by Gasteiger charge is -2.36. The molecule has 0 aromatic heterocycles. The smallest absolute Gasteiger partial charge is 0.416 e. The molecule has 222 valence electrons. The van der Waals surface area contributed by atoms with Gasteiger partial charge in [0.15, 0.2) is 0 Å². The molecule has 2 saturated heterocycles. The van der Waals surface area contributed by atoms with Gasteiger partial charge in [-0.1, -0.05) is 30.3 Å². The fourth-order valence-corrected chi connectivity index (χ4v) is 5.06. The number of esters is 1. The lowest BCUT2D eigenvalue weighted by atomic mass is 9.92. The van der Waals surface area contributed by atoms with Gasteiger partial charge in [-0.3, -0.25) is 14.5 Å². The molecule has 1 aromatic rings. The van der Waals surface area contributed by atoms with E-state index in [0.717, 1.165) is 5.56 Å². The molecule has 1 aromatic carbocycles. The highest BCUT2D eigenvalue weighted by Gasteiger charge is 2.48. The fourth-order valence-electron chi connectivity index (χ4n) is 5.06. The second kappa shape index (κ2) is 12.2. The molecular formula is C30H44N2O8. The third kappa shape index (κ3) is 8.43. The Hall–Kier alpha value is -3.14. The Morgan fingerprint density at radius 3 is 2.20 bits per heavy atom. The zero-order valence-corrected chi connectivity index (χ0v) is 25.0. The van der Waals surface area contributed by atoms with Crippen LogP contribution in [0.2, 0.25) is 0 Å². The molecule has 0 spiro atoms. The van der Waals surface area contributed by atoms with Crippen molar-refractivity contribution in [3.05, 3.63) is 35.9 Å². The molecule has 2 aliphatic rings. The van der Waals surface area contributed by atoms with Gasteiger partial charge in [-0.15, -0.1) is 0 Å². The minimum atomic E-state index is -0.964. The summed E-state index contributed by atoms with van der Waals surface area (Å²) in [6.07, 6.45) is -0.536. The van der Waals surface area contributed by atoms with Crippen LogP contribution in [0, 0.1) is 5.92 Å². The van der Waals surface area contributed by atoms with Gasteiger partial charge in [0.05, 0.1) is 18.7 Å². The zero-order valence-electron chi connectivity index (χ0n) is 25.0. The number of cyclic esters (lactones) is 1. The standard InChI is InChI=1S/C30H44N2O8/c1-28(2,3)39-24(33)15-14-21(17-23-19-38-30(7,8)32(23)27(36)40-29(4,5)6)25(34)31-22(18-37-26(31)35)16-20-12-10-9-11-13-20/h9-13,21-23H,14-19H2,1-8H3/t21-,22-,23+/m1/s1. The van der Waals surface area contributed by atoms with Gasteiger partial charge in [0.25, 0.3) is 0 Å². The van der Waals surface area contributed by atoms with Crippen molar-refractivity contribution in [2.24, 2.45) is 5.92 Å². The molecule has 2 fully saturated rings. The minimum absolute atomic E-state index is 0.0245. The van der Waals surface area contributed by atoms with Gasteiger partial charge in [-0.25, -0.2) is 14.5 Å². The van der Waals surface area contributed by atoms with E-state index >= 15 is 0 Å². The first-order valence-electron chi connectivity index (χ1n) is 13.9. The molecule has 3 atom stereocenters. The van der Waals surface area contributed by atoms with Crippen molar-refractivity contribution in [1.82, 2.24) is 9.80 Å². The molecular weight excluding hydrogens is 516 g/mol. The second-order valence-electron chi connectivity index (χ2n) is 12.9. The van der Waals surface area contributed by atoms with Crippen LogP contribution < -0.4 is 0 Å². The summed E-state index contributed by atoms with van der Waals surface area (Å²) in [4.78, 5) is 55.3. The van der Waals surface area contributed by atoms with Gasteiger partial charge >= 0.3 is 18.2 Å². The highest BCUT2D eigenvalue weighted by molar-refractivity contribution is 5.95. The summed E-state index contributed by atoms with van der Waals surface area (Å²) in [6.45, 7) is 14.5. The summed E-state index contributed by atoms with van der Waals surface area (Å²) in [5.41, 5.74) is -1.40. The van der Waals surface area contributed by atoms with Crippen molar-refractivity contribution in [2.45, 2.75) is 110 Å². The van der Waals surface area contributed by atoms with E-state index in [1.165, 1.54) is 9.80 Å². The van der Waals surface area contributed by atoms with Crippen molar-refractivity contribution in [2.75, 3.05) is 13.2 Å². The van der Waals surface area contributed by atoms with Crippen molar-refractivity contribution in [3.63, 3.8) is 0 Å². The van der Waals surface area contributed by atoms with E-state index in [2.05, 4.69) is 0 Å². The molecule has 3 amide bonds. The lowest BCUT2D eigenvalue weighted by molar-refractivity contribution is -0.155. The monoisotopic (exact) mass is 560 g/mol. The first kappa shape index (κ1) is 31.4. The molecule has 40 heavy (non-hydrogen) atoms. The van der Waals surface area contributed by atoms with Crippen LogP contribution in [-0.4, -0.2) is 76.1 Å². The first-order chi connectivity index (χ1) is 18.5. The van der Waals surface area contributed by atoms with Crippen LogP contribution in [0.15, 0.2) is 30.3 Å². The average Bonchev–Trinajstić information content (AvgIpc) is 3.32. The van der Waals surface area contributed by atoms with E-state index in [0.29, 0.717) is 6.42 Å². The number of imide groups is 1. The number of carbonyl (C=O) groups excluding carboxylic acids is 4. The average molecular weight is 561 g/mol. The Balaban J connectivity index is 1.85. The Morgan fingerprint density at radius 1 is 0.975 bits per heavy atom. The van der Waals surface area contributed by atoms with Crippen LogP contribution >= 0.6 is 0 Å². The molecule has 10 heteroatoms. The van der Waals surface area contributed by atoms with Gasteiger partial charge in [-0.2, -0.15) is 0 Å². The molecule has 3 rings (SSSR count). The van der Waals surface area contributed by atoms with Gasteiger partial charge in [0.2, 0.25) is 5.91 Å². The highest BCUT2D eigenvalue weighted by atomic mass is 16.6. The van der Waals surface area contributed by atoms with Crippen molar-refractivity contribution < 1.29 is 38.1 Å². The number of rotatable bonds is 8. The molecule has 0 N–H and O–H groups in total. The number of hydrogen-bond donors (Lipinski definition) is 0.